The van der Waals surface area contributed by atoms with Crippen molar-refractivity contribution in [2.24, 2.45) is 0 Å². The summed E-state index contributed by atoms with van der Waals surface area (Å²) >= 11 is 0. The third kappa shape index (κ3) is 1.07. The fraction of sp³-hybridized carbons (Fsp3) is 1.00. The molecule has 0 spiro atoms. The van der Waals surface area contributed by atoms with Crippen molar-refractivity contribution in [1.29, 1.82) is 0 Å². The summed E-state index contributed by atoms with van der Waals surface area (Å²) in [6, 6.07) is 0. The molecule has 3 atom stereocenters. The lowest BCUT2D eigenvalue weighted by Gasteiger charge is -2.52. The lowest BCUT2D eigenvalue weighted by Crippen LogP contribution is -2.68. The molecule has 4 nitrogen and oxygen atoms in total. The van der Waals surface area contributed by atoms with Gasteiger partial charge in [0.15, 0.2) is 0 Å². The Morgan fingerprint density at radius 1 is 1.50 bits per heavy atom. The Kier molecular flexibility index (Phi) is 1.70. The summed E-state index contributed by atoms with van der Waals surface area (Å²) < 4.78 is 10.6. The van der Waals surface area contributed by atoms with E-state index < -0.39 is 11.2 Å². The van der Waals surface area contributed by atoms with E-state index in [4.69, 9.17) is 14.6 Å². The Morgan fingerprint density at radius 2 is 2.25 bits per heavy atom. The Bertz CT molecular complexity index is 195. The number of aliphatic hydroxyl groups is 2. The molecule has 2 fully saturated rings. The molecule has 4 heteroatoms. The third-order valence-electron chi connectivity index (χ3n) is 2.76. The SMILES string of the molecule is CC1(CO)CC2OCC2(O)CO1. The van der Waals surface area contributed by atoms with E-state index in [-0.39, 0.29) is 19.3 Å². The Balaban J connectivity index is 2.04. The first kappa shape index (κ1) is 8.44. The summed E-state index contributed by atoms with van der Waals surface area (Å²) in [4.78, 5) is 0. The van der Waals surface area contributed by atoms with Crippen LogP contribution in [0.25, 0.3) is 0 Å². The summed E-state index contributed by atoms with van der Waals surface area (Å²) in [7, 11) is 0. The zero-order valence-corrected chi connectivity index (χ0v) is 7.12. The summed E-state index contributed by atoms with van der Waals surface area (Å²) in [5.74, 6) is 0. The predicted molar refractivity (Wildman–Crippen MR) is 40.7 cm³/mol. The summed E-state index contributed by atoms with van der Waals surface area (Å²) in [6.07, 6.45) is 0.420. The van der Waals surface area contributed by atoms with Gasteiger partial charge in [-0.2, -0.15) is 0 Å². The van der Waals surface area contributed by atoms with Gasteiger partial charge in [0.05, 0.1) is 31.5 Å². The molecule has 0 aromatic rings. The molecule has 0 bridgehead atoms. The number of hydrogen-bond acceptors (Lipinski definition) is 4. The van der Waals surface area contributed by atoms with Crippen LogP contribution in [0.15, 0.2) is 0 Å². The zero-order valence-electron chi connectivity index (χ0n) is 7.12. The monoisotopic (exact) mass is 174 g/mol. The van der Waals surface area contributed by atoms with Crippen molar-refractivity contribution in [2.75, 3.05) is 19.8 Å². The van der Waals surface area contributed by atoms with Crippen molar-refractivity contribution in [1.82, 2.24) is 0 Å². The first-order valence-electron chi connectivity index (χ1n) is 4.17. The number of aliphatic hydroxyl groups excluding tert-OH is 1. The van der Waals surface area contributed by atoms with Gasteiger partial charge in [0.1, 0.15) is 5.60 Å². The van der Waals surface area contributed by atoms with Crippen LogP contribution in [-0.2, 0) is 9.47 Å². The molecule has 2 aliphatic heterocycles. The molecule has 0 aromatic heterocycles. The highest BCUT2D eigenvalue weighted by Crippen LogP contribution is 2.38. The van der Waals surface area contributed by atoms with Crippen LogP contribution in [-0.4, -0.2) is 47.3 Å². The fourth-order valence-corrected chi connectivity index (χ4v) is 1.64. The first-order chi connectivity index (χ1) is 5.58. The Hall–Kier alpha value is -0.160. The maximum absolute atomic E-state index is 9.73. The first-order valence-corrected chi connectivity index (χ1v) is 4.17. The molecule has 2 rings (SSSR count). The summed E-state index contributed by atoms with van der Waals surface area (Å²) in [6.45, 7) is 2.44. The van der Waals surface area contributed by atoms with E-state index in [1.54, 1.807) is 0 Å². The van der Waals surface area contributed by atoms with Crippen molar-refractivity contribution in [3.63, 3.8) is 0 Å². The molecule has 2 saturated heterocycles. The minimum Gasteiger partial charge on any atom is -0.393 e. The van der Waals surface area contributed by atoms with Crippen LogP contribution in [0.1, 0.15) is 13.3 Å². The van der Waals surface area contributed by atoms with Gasteiger partial charge >= 0.3 is 0 Å². The lowest BCUT2D eigenvalue weighted by atomic mass is 9.81. The molecule has 3 unspecified atom stereocenters. The van der Waals surface area contributed by atoms with E-state index >= 15 is 0 Å². The summed E-state index contributed by atoms with van der Waals surface area (Å²) in [5, 5.41) is 18.7. The Labute approximate surface area is 71.1 Å². The topological polar surface area (TPSA) is 58.9 Å². The minimum absolute atomic E-state index is 0.0249. The molecule has 0 saturated carbocycles. The van der Waals surface area contributed by atoms with Crippen LogP contribution < -0.4 is 0 Å². The maximum atomic E-state index is 9.73. The van der Waals surface area contributed by atoms with Crippen molar-refractivity contribution in [2.45, 2.75) is 30.7 Å². The number of rotatable bonds is 1. The molecular formula is C8H14O4. The lowest BCUT2D eigenvalue weighted by molar-refractivity contribution is -0.316. The van der Waals surface area contributed by atoms with Crippen LogP contribution in [0, 0.1) is 0 Å². The molecule has 0 aromatic carbocycles. The van der Waals surface area contributed by atoms with E-state index in [9.17, 15) is 5.11 Å². The van der Waals surface area contributed by atoms with Gasteiger partial charge in [-0.05, 0) is 6.92 Å². The van der Waals surface area contributed by atoms with E-state index in [0.717, 1.165) is 0 Å². The molecule has 2 N–H and O–H groups in total. The van der Waals surface area contributed by atoms with Crippen molar-refractivity contribution in [3.05, 3.63) is 0 Å². The second kappa shape index (κ2) is 2.42. The summed E-state index contributed by atoms with van der Waals surface area (Å²) in [5.41, 5.74) is -1.31. The molecule has 70 valence electrons. The Morgan fingerprint density at radius 3 is 2.67 bits per heavy atom. The van der Waals surface area contributed by atoms with E-state index in [1.807, 2.05) is 6.92 Å². The van der Waals surface area contributed by atoms with Gasteiger partial charge in [-0.15, -0.1) is 0 Å². The second-order valence-electron chi connectivity index (χ2n) is 4.00. The smallest absolute Gasteiger partial charge is 0.137 e. The molecule has 0 aliphatic carbocycles. The highest BCUT2D eigenvalue weighted by Gasteiger charge is 2.54. The van der Waals surface area contributed by atoms with E-state index in [1.165, 1.54) is 0 Å². The molecule has 2 heterocycles. The van der Waals surface area contributed by atoms with Crippen molar-refractivity contribution >= 4 is 0 Å². The molecule has 2 aliphatic rings. The number of hydrogen-bond donors (Lipinski definition) is 2. The van der Waals surface area contributed by atoms with Crippen LogP contribution in [0.5, 0.6) is 0 Å². The van der Waals surface area contributed by atoms with Crippen LogP contribution in [0.2, 0.25) is 0 Å². The molecule has 12 heavy (non-hydrogen) atoms. The van der Waals surface area contributed by atoms with Gasteiger partial charge in [-0.3, -0.25) is 0 Å². The largest absolute Gasteiger partial charge is 0.393 e. The van der Waals surface area contributed by atoms with E-state index in [0.29, 0.717) is 13.0 Å². The minimum atomic E-state index is -0.783. The second-order valence-corrected chi connectivity index (χ2v) is 4.00. The van der Waals surface area contributed by atoms with Gasteiger partial charge in [-0.25, -0.2) is 0 Å². The number of fused-ring (bicyclic) bond motifs is 1. The highest BCUT2D eigenvalue weighted by atomic mass is 16.6. The molecular weight excluding hydrogens is 160 g/mol. The van der Waals surface area contributed by atoms with Crippen LogP contribution >= 0.6 is 0 Å². The number of ether oxygens (including phenoxy) is 2. The third-order valence-corrected chi connectivity index (χ3v) is 2.76. The van der Waals surface area contributed by atoms with E-state index in [2.05, 4.69) is 0 Å². The van der Waals surface area contributed by atoms with Crippen LogP contribution in [0.3, 0.4) is 0 Å². The van der Waals surface area contributed by atoms with Crippen molar-refractivity contribution < 1.29 is 19.7 Å². The van der Waals surface area contributed by atoms with Gasteiger partial charge in [-0.1, -0.05) is 0 Å². The van der Waals surface area contributed by atoms with Gasteiger partial charge in [0, 0.05) is 6.42 Å². The molecule has 0 amide bonds. The highest BCUT2D eigenvalue weighted by molar-refractivity contribution is 5.03. The van der Waals surface area contributed by atoms with Crippen LogP contribution in [0.4, 0.5) is 0 Å². The standard InChI is InChI=1S/C8H14O4/c1-7(3-9)2-6-8(10,4-11-6)5-12-7/h6,9-10H,2-5H2,1H3. The average molecular weight is 174 g/mol. The quantitative estimate of drug-likeness (QED) is 0.551. The molecule has 0 radical (unpaired) electrons. The normalized spacial score (nSPS) is 52.8. The predicted octanol–water partition coefficient (Wildman–Crippen LogP) is -0.712. The maximum Gasteiger partial charge on any atom is 0.137 e. The zero-order chi connectivity index (χ0) is 8.82. The van der Waals surface area contributed by atoms with Gasteiger partial charge < -0.3 is 19.7 Å². The van der Waals surface area contributed by atoms with Gasteiger partial charge in [0.2, 0.25) is 0 Å². The average Bonchev–Trinajstić information content (AvgIpc) is 2.07. The fourth-order valence-electron chi connectivity index (χ4n) is 1.64. The van der Waals surface area contributed by atoms with Gasteiger partial charge in [0.25, 0.3) is 0 Å². The van der Waals surface area contributed by atoms with Crippen molar-refractivity contribution in [3.8, 4) is 0 Å².